The third-order valence-electron chi connectivity index (χ3n) is 4.75. The predicted octanol–water partition coefficient (Wildman–Crippen LogP) is 2.50. The van der Waals surface area contributed by atoms with Crippen LogP contribution in [0.15, 0.2) is 71.7 Å². The molecule has 0 radical (unpaired) electrons. The Kier molecular flexibility index (Phi) is 4.75. The van der Waals surface area contributed by atoms with Gasteiger partial charge in [-0.1, -0.05) is 18.2 Å². The summed E-state index contributed by atoms with van der Waals surface area (Å²) in [5, 5.41) is 8.19. The minimum atomic E-state index is 0.232. The molecule has 0 bridgehead atoms. The molecule has 1 aliphatic rings. The highest BCUT2D eigenvalue weighted by molar-refractivity contribution is 5.27. The number of hydrogen-bond donors (Lipinski definition) is 0. The zero-order chi connectivity index (χ0) is 19.5. The van der Waals surface area contributed by atoms with Crippen molar-refractivity contribution in [1.82, 2.24) is 29.9 Å². The van der Waals surface area contributed by atoms with Gasteiger partial charge in [0.25, 0.3) is 0 Å². The van der Waals surface area contributed by atoms with Crippen molar-refractivity contribution in [3.8, 4) is 11.4 Å². The standard InChI is InChI=1S/C21H20N6O2/c1-2-4-19(5-3-1)29-20-13-26(14-20)12-17-15-28-21(25-17)10-16-6-7-18(11-22-16)27-23-8-9-24-27/h1-9,11,15,20H,10,12-14H2. The first-order valence-corrected chi connectivity index (χ1v) is 9.51. The second kappa shape index (κ2) is 7.84. The molecule has 146 valence electrons. The SMILES string of the molecule is c1ccc(OC2CN(Cc3coc(Cc4ccc(-n5nccn5)cn4)n3)C2)cc1. The van der Waals surface area contributed by atoms with E-state index in [9.17, 15) is 0 Å². The maximum absolute atomic E-state index is 5.93. The molecule has 29 heavy (non-hydrogen) atoms. The molecule has 1 aromatic carbocycles. The number of nitrogens with zero attached hydrogens (tertiary/aromatic N) is 6. The quantitative estimate of drug-likeness (QED) is 0.481. The Hall–Kier alpha value is -3.52. The van der Waals surface area contributed by atoms with E-state index < -0.39 is 0 Å². The van der Waals surface area contributed by atoms with Crippen LogP contribution in [0.4, 0.5) is 0 Å². The fraction of sp³-hybridized carbons (Fsp3) is 0.238. The van der Waals surface area contributed by atoms with Gasteiger partial charge in [-0.2, -0.15) is 15.0 Å². The first-order valence-electron chi connectivity index (χ1n) is 9.51. The molecule has 8 heteroatoms. The van der Waals surface area contributed by atoms with Crippen LogP contribution in [0, 0.1) is 0 Å². The Labute approximate surface area is 167 Å². The number of oxazole rings is 1. The monoisotopic (exact) mass is 388 g/mol. The summed E-state index contributed by atoms with van der Waals surface area (Å²) in [5.74, 6) is 1.58. The van der Waals surface area contributed by atoms with E-state index in [-0.39, 0.29) is 6.10 Å². The number of hydrogen-bond acceptors (Lipinski definition) is 7. The maximum atomic E-state index is 5.93. The molecule has 3 aromatic heterocycles. The molecule has 0 unspecified atom stereocenters. The van der Waals surface area contributed by atoms with Crippen LogP contribution in [-0.2, 0) is 13.0 Å². The molecule has 0 atom stereocenters. The van der Waals surface area contributed by atoms with Crippen LogP contribution in [0.2, 0.25) is 0 Å². The Bertz CT molecular complexity index is 1040. The molecule has 0 saturated carbocycles. The fourth-order valence-corrected chi connectivity index (χ4v) is 3.29. The lowest BCUT2D eigenvalue weighted by molar-refractivity contribution is 0.0138. The topological polar surface area (TPSA) is 82.1 Å². The summed E-state index contributed by atoms with van der Waals surface area (Å²) >= 11 is 0. The van der Waals surface area contributed by atoms with Gasteiger partial charge < -0.3 is 9.15 Å². The highest BCUT2D eigenvalue weighted by atomic mass is 16.5. The first kappa shape index (κ1) is 17.6. The van der Waals surface area contributed by atoms with E-state index in [0.717, 1.165) is 42.5 Å². The Morgan fingerprint density at radius 1 is 1.00 bits per heavy atom. The lowest BCUT2D eigenvalue weighted by Gasteiger charge is -2.38. The maximum Gasteiger partial charge on any atom is 0.200 e. The van der Waals surface area contributed by atoms with E-state index in [1.54, 1.807) is 24.9 Å². The van der Waals surface area contributed by atoms with Gasteiger partial charge >= 0.3 is 0 Å². The van der Waals surface area contributed by atoms with Crippen molar-refractivity contribution in [1.29, 1.82) is 0 Å². The van der Waals surface area contributed by atoms with E-state index in [1.807, 2.05) is 42.5 Å². The number of para-hydroxylation sites is 1. The Balaban J connectivity index is 1.12. The lowest BCUT2D eigenvalue weighted by atomic mass is 10.1. The normalized spacial score (nSPS) is 14.6. The van der Waals surface area contributed by atoms with Crippen molar-refractivity contribution in [2.24, 2.45) is 0 Å². The summed E-state index contributed by atoms with van der Waals surface area (Å²) in [6.07, 6.45) is 7.52. The number of aromatic nitrogens is 5. The second-order valence-electron chi connectivity index (χ2n) is 6.98. The minimum Gasteiger partial charge on any atom is -0.488 e. The first-order chi connectivity index (χ1) is 14.3. The predicted molar refractivity (Wildman–Crippen MR) is 105 cm³/mol. The van der Waals surface area contributed by atoms with Crippen LogP contribution < -0.4 is 4.74 Å². The summed E-state index contributed by atoms with van der Waals surface area (Å²) < 4.78 is 11.6. The highest BCUT2D eigenvalue weighted by Crippen LogP contribution is 2.20. The summed E-state index contributed by atoms with van der Waals surface area (Å²) in [6, 6.07) is 13.8. The number of ether oxygens (including phenoxy) is 1. The van der Waals surface area contributed by atoms with Gasteiger partial charge in [-0.25, -0.2) is 4.98 Å². The van der Waals surface area contributed by atoms with Crippen molar-refractivity contribution in [3.63, 3.8) is 0 Å². The van der Waals surface area contributed by atoms with Crippen LogP contribution in [0.3, 0.4) is 0 Å². The third kappa shape index (κ3) is 4.17. The fourth-order valence-electron chi connectivity index (χ4n) is 3.29. The number of likely N-dealkylation sites (tertiary alicyclic amines) is 1. The van der Waals surface area contributed by atoms with Crippen LogP contribution in [-0.4, -0.2) is 49.1 Å². The van der Waals surface area contributed by atoms with Gasteiger partial charge in [0.15, 0.2) is 5.89 Å². The zero-order valence-electron chi connectivity index (χ0n) is 15.8. The molecule has 1 fully saturated rings. The average Bonchev–Trinajstić information content (AvgIpc) is 3.40. The van der Waals surface area contributed by atoms with Crippen molar-refractivity contribution < 1.29 is 9.15 Å². The largest absolute Gasteiger partial charge is 0.488 e. The van der Waals surface area contributed by atoms with Crippen LogP contribution in [0.1, 0.15) is 17.3 Å². The average molecular weight is 388 g/mol. The zero-order valence-corrected chi connectivity index (χ0v) is 15.8. The van der Waals surface area contributed by atoms with E-state index in [1.165, 1.54) is 4.80 Å². The molecule has 0 aliphatic carbocycles. The summed E-state index contributed by atoms with van der Waals surface area (Å²) in [4.78, 5) is 12.9. The van der Waals surface area contributed by atoms with Gasteiger partial charge in [-0.3, -0.25) is 9.88 Å². The minimum absolute atomic E-state index is 0.232. The van der Waals surface area contributed by atoms with Crippen LogP contribution in [0.25, 0.3) is 5.69 Å². The van der Waals surface area contributed by atoms with Gasteiger partial charge in [0, 0.05) is 25.3 Å². The highest BCUT2D eigenvalue weighted by Gasteiger charge is 2.29. The van der Waals surface area contributed by atoms with Gasteiger partial charge in [0.05, 0.1) is 30.7 Å². The van der Waals surface area contributed by atoms with Gasteiger partial charge in [-0.05, 0) is 24.3 Å². The molecule has 8 nitrogen and oxygen atoms in total. The van der Waals surface area contributed by atoms with Crippen molar-refractivity contribution in [2.45, 2.75) is 19.1 Å². The molecule has 0 spiro atoms. The number of benzene rings is 1. The lowest BCUT2D eigenvalue weighted by Crippen LogP contribution is -2.53. The molecule has 0 amide bonds. The van der Waals surface area contributed by atoms with E-state index in [2.05, 4.69) is 25.1 Å². The Morgan fingerprint density at radius 3 is 2.59 bits per heavy atom. The van der Waals surface area contributed by atoms with Crippen LogP contribution >= 0.6 is 0 Å². The van der Waals surface area contributed by atoms with Crippen LogP contribution in [0.5, 0.6) is 5.75 Å². The van der Waals surface area contributed by atoms with Gasteiger partial charge in [0.1, 0.15) is 23.8 Å². The second-order valence-corrected chi connectivity index (χ2v) is 6.98. The molecule has 5 rings (SSSR count). The summed E-state index contributed by atoms with van der Waals surface area (Å²) in [7, 11) is 0. The van der Waals surface area contributed by atoms with Gasteiger partial charge in [0.2, 0.25) is 0 Å². The Morgan fingerprint density at radius 2 is 1.83 bits per heavy atom. The summed E-state index contributed by atoms with van der Waals surface area (Å²) in [6.45, 7) is 2.54. The molecule has 1 aliphatic heterocycles. The molecule has 4 aromatic rings. The number of rotatable bonds is 7. The van der Waals surface area contributed by atoms with Crippen molar-refractivity contribution in [3.05, 3.63) is 84.6 Å². The molecule has 1 saturated heterocycles. The van der Waals surface area contributed by atoms with E-state index in [4.69, 9.17) is 9.15 Å². The molecule has 0 N–H and O–H groups in total. The number of pyridine rings is 1. The molecule has 4 heterocycles. The third-order valence-corrected chi connectivity index (χ3v) is 4.75. The van der Waals surface area contributed by atoms with E-state index >= 15 is 0 Å². The van der Waals surface area contributed by atoms with E-state index in [0.29, 0.717) is 12.3 Å². The van der Waals surface area contributed by atoms with Crippen molar-refractivity contribution in [2.75, 3.05) is 13.1 Å². The van der Waals surface area contributed by atoms with Crippen molar-refractivity contribution >= 4 is 0 Å². The summed E-state index contributed by atoms with van der Waals surface area (Å²) in [5.41, 5.74) is 2.63. The van der Waals surface area contributed by atoms with Gasteiger partial charge in [-0.15, -0.1) is 0 Å². The molecular formula is C21H20N6O2. The molecular weight excluding hydrogens is 368 g/mol. The smallest absolute Gasteiger partial charge is 0.200 e.